The van der Waals surface area contributed by atoms with Crippen molar-refractivity contribution in [3.05, 3.63) is 0 Å². The van der Waals surface area contributed by atoms with Gasteiger partial charge >= 0.3 is 0 Å². The van der Waals surface area contributed by atoms with Gasteiger partial charge in [0.15, 0.2) is 0 Å². The Morgan fingerprint density at radius 1 is 1.50 bits per heavy atom. The van der Waals surface area contributed by atoms with Crippen LogP contribution in [0, 0.1) is 5.92 Å². The SMILES string of the molecule is CCC1CCCN(CCCC(C)(O)CN)C1. The van der Waals surface area contributed by atoms with Gasteiger partial charge in [-0.05, 0) is 51.6 Å². The fourth-order valence-electron chi connectivity index (χ4n) is 2.47. The van der Waals surface area contributed by atoms with Crippen LogP contribution in [0.2, 0.25) is 0 Å². The van der Waals surface area contributed by atoms with Crippen molar-refractivity contribution in [3.63, 3.8) is 0 Å². The molecule has 16 heavy (non-hydrogen) atoms. The van der Waals surface area contributed by atoms with Crippen LogP contribution in [0.4, 0.5) is 0 Å². The molecule has 0 aromatic carbocycles. The number of hydrogen-bond donors (Lipinski definition) is 2. The maximum absolute atomic E-state index is 9.81. The first-order valence-corrected chi connectivity index (χ1v) is 6.72. The normalized spacial score (nSPS) is 26.6. The van der Waals surface area contributed by atoms with Gasteiger partial charge in [-0.3, -0.25) is 0 Å². The van der Waals surface area contributed by atoms with Crippen molar-refractivity contribution < 1.29 is 5.11 Å². The van der Waals surface area contributed by atoms with Crippen LogP contribution in [-0.2, 0) is 0 Å². The van der Waals surface area contributed by atoms with E-state index in [0.717, 1.165) is 25.3 Å². The molecule has 96 valence electrons. The molecule has 2 atom stereocenters. The second-order valence-corrected chi connectivity index (χ2v) is 5.52. The highest BCUT2D eigenvalue weighted by Crippen LogP contribution is 2.20. The van der Waals surface area contributed by atoms with E-state index in [1.54, 1.807) is 0 Å². The van der Waals surface area contributed by atoms with E-state index in [1.807, 2.05) is 6.92 Å². The molecule has 1 fully saturated rings. The van der Waals surface area contributed by atoms with E-state index in [0.29, 0.717) is 6.54 Å². The molecule has 0 aromatic heterocycles. The van der Waals surface area contributed by atoms with Crippen molar-refractivity contribution in [1.29, 1.82) is 0 Å². The number of likely N-dealkylation sites (tertiary alicyclic amines) is 1. The van der Waals surface area contributed by atoms with Crippen molar-refractivity contribution in [2.75, 3.05) is 26.2 Å². The Balaban J connectivity index is 2.17. The maximum atomic E-state index is 9.81. The Labute approximate surface area is 100 Å². The van der Waals surface area contributed by atoms with Crippen molar-refractivity contribution in [3.8, 4) is 0 Å². The molecule has 1 heterocycles. The third-order valence-electron chi connectivity index (χ3n) is 3.81. The molecular weight excluding hydrogens is 200 g/mol. The minimum Gasteiger partial charge on any atom is -0.389 e. The van der Waals surface area contributed by atoms with Crippen LogP contribution >= 0.6 is 0 Å². The summed E-state index contributed by atoms with van der Waals surface area (Å²) in [5.74, 6) is 0.892. The third kappa shape index (κ3) is 4.81. The number of nitrogens with two attached hydrogens (primary N) is 1. The zero-order valence-corrected chi connectivity index (χ0v) is 10.9. The van der Waals surface area contributed by atoms with Crippen molar-refractivity contribution in [2.24, 2.45) is 11.7 Å². The monoisotopic (exact) mass is 228 g/mol. The number of hydrogen-bond acceptors (Lipinski definition) is 3. The van der Waals surface area contributed by atoms with Crippen molar-refractivity contribution in [2.45, 2.75) is 51.6 Å². The van der Waals surface area contributed by atoms with E-state index >= 15 is 0 Å². The molecule has 0 saturated carbocycles. The first kappa shape index (κ1) is 13.9. The van der Waals surface area contributed by atoms with E-state index < -0.39 is 5.60 Å². The molecule has 0 spiro atoms. The van der Waals surface area contributed by atoms with Crippen LogP contribution in [0.25, 0.3) is 0 Å². The Bertz CT molecular complexity index is 194. The van der Waals surface area contributed by atoms with Gasteiger partial charge in [0.2, 0.25) is 0 Å². The van der Waals surface area contributed by atoms with E-state index in [4.69, 9.17) is 5.73 Å². The molecule has 0 aromatic rings. The quantitative estimate of drug-likeness (QED) is 0.726. The number of nitrogens with zero attached hydrogens (tertiary/aromatic N) is 1. The molecule has 0 radical (unpaired) electrons. The molecule has 1 aliphatic rings. The lowest BCUT2D eigenvalue weighted by Gasteiger charge is -2.33. The van der Waals surface area contributed by atoms with Gasteiger partial charge in [0, 0.05) is 13.1 Å². The molecule has 1 rings (SSSR count). The Morgan fingerprint density at radius 3 is 2.88 bits per heavy atom. The molecule has 3 N–H and O–H groups in total. The highest BCUT2D eigenvalue weighted by Gasteiger charge is 2.20. The minimum absolute atomic E-state index is 0.366. The van der Waals surface area contributed by atoms with E-state index in [1.165, 1.54) is 32.4 Å². The Kier molecular flexibility index (Phi) is 5.73. The summed E-state index contributed by atoms with van der Waals surface area (Å²) in [5, 5.41) is 9.81. The number of rotatable bonds is 6. The Hall–Kier alpha value is -0.120. The molecule has 0 amide bonds. The highest BCUT2D eigenvalue weighted by atomic mass is 16.3. The molecule has 3 heteroatoms. The second kappa shape index (κ2) is 6.58. The van der Waals surface area contributed by atoms with E-state index in [2.05, 4.69) is 11.8 Å². The molecule has 2 unspecified atom stereocenters. The summed E-state index contributed by atoms with van der Waals surface area (Å²) < 4.78 is 0. The largest absolute Gasteiger partial charge is 0.389 e. The summed E-state index contributed by atoms with van der Waals surface area (Å²) in [4.78, 5) is 2.55. The van der Waals surface area contributed by atoms with Crippen molar-refractivity contribution >= 4 is 0 Å². The van der Waals surface area contributed by atoms with E-state index in [-0.39, 0.29) is 0 Å². The fourth-order valence-corrected chi connectivity index (χ4v) is 2.47. The Morgan fingerprint density at radius 2 is 2.25 bits per heavy atom. The average Bonchev–Trinajstić information content (AvgIpc) is 2.29. The summed E-state index contributed by atoms with van der Waals surface area (Å²) in [7, 11) is 0. The zero-order chi connectivity index (χ0) is 12.0. The molecule has 0 aliphatic carbocycles. The predicted molar refractivity (Wildman–Crippen MR) is 68.4 cm³/mol. The first-order chi connectivity index (χ1) is 7.57. The molecule has 1 saturated heterocycles. The van der Waals surface area contributed by atoms with Gasteiger partial charge in [-0.1, -0.05) is 13.3 Å². The van der Waals surface area contributed by atoms with Crippen LogP contribution in [0.15, 0.2) is 0 Å². The maximum Gasteiger partial charge on any atom is 0.0741 e. The van der Waals surface area contributed by atoms with Gasteiger partial charge in [0.25, 0.3) is 0 Å². The lowest BCUT2D eigenvalue weighted by molar-refractivity contribution is 0.0522. The van der Waals surface area contributed by atoms with Gasteiger partial charge < -0.3 is 15.7 Å². The van der Waals surface area contributed by atoms with Crippen molar-refractivity contribution in [1.82, 2.24) is 4.90 Å². The molecular formula is C13H28N2O. The van der Waals surface area contributed by atoms with Gasteiger partial charge in [-0.2, -0.15) is 0 Å². The summed E-state index contributed by atoms with van der Waals surface area (Å²) in [6, 6.07) is 0. The van der Waals surface area contributed by atoms with Crippen LogP contribution < -0.4 is 5.73 Å². The van der Waals surface area contributed by atoms with Crippen LogP contribution in [0.3, 0.4) is 0 Å². The fraction of sp³-hybridized carbons (Fsp3) is 1.00. The van der Waals surface area contributed by atoms with Gasteiger partial charge in [-0.25, -0.2) is 0 Å². The summed E-state index contributed by atoms with van der Waals surface area (Å²) in [6.07, 6.45) is 5.91. The van der Waals surface area contributed by atoms with Gasteiger partial charge in [-0.15, -0.1) is 0 Å². The molecule has 3 nitrogen and oxygen atoms in total. The minimum atomic E-state index is -0.667. The lowest BCUT2D eigenvalue weighted by Crippen LogP contribution is -2.38. The second-order valence-electron chi connectivity index (χ2n) is 5.52. The topological polar surface area (TPSA) is 49.5 Å². The average molecular weight is 228 g/mol. The lowest BCUT2D eigenvalue weighted by atomic mass is 9.95. The van der Waals surface area contributed by atoms with Gasteiger partial charge in [0.05, 0.1) is 5.60 Å². The smallest absolute Gasteiger partial charge is 0.0741 e. The van der Waals surface area contributed by atoms with Crippen LogP contribution in [0.5, 0.6) is 0 Å². The van der Waals surface area contributed by atoms with Gasteiger partial charge in [0.1, 0.15) is 0 Å². The summed E-state index contributed by atoms with van der Waals surface area (Å²) in [5.41, 5.74) is 4.84. The highest BCUT2D eigenvalue weighted by molar-refractivity contribution is 4.76. The zero-order valence-electron chi connectivity index (χ0n) is 10.9. The van der Waals surface area contributed by atoms with E-state index in [9.17, 15) is 5.11 Å². The number of aliphatic hydroxyl groups is 1. The van der Waals surface area contributed by atoms with Crippen LogP contribution in [-0.4, -0.2) is 41.8 Å². The molecule has 0 bridgehead atoms. The van der Waals surface area contributed by atoms with Crippen LogP contribution in [0.1, 0.15) is 46.0 Å². The predicted octanol–water partition coefficient (Wildman–Crippen LogP) is 1.60. The third-order valence-corrected chi connectivity index (χ3v) is 3.81. The standard InChI is InChI=1S/C13H28N2O/c1-3-12-6-4-8-15(10-12)9-5-7-13(2,16)11-14/h12,16H,3-11,14H2,1-2H3. The molecule has 1 aliphatic heterocycles. The first-order valence-electron chi connectivity index (χ1n) is 6.72. The summed E-state index contributed by atoms with van der Waals surface area (Å²) >= 11 is 0. The number of piperidine rings is 1. The summed E-state index contributed by atoms with van der Waals surface area (Å²) in [6.45, 7) is 8.09.